The molecule has 0 saturated carbocycles. The number of furan rings is 1. The Balaban J connectivity index is 0.972. The Morgan fingerprint density at radius 3 is 2.23 bits per heavy atom. The highest BCUT2D eigenvalue weighted by molar-refractivity contribution is 6.33. The van der Waals surface area contributed by atoms with Crippen LogP contribution in [0.4, 0.5) is 11.4 Å². The fraction of sp³-hybridized carbons (Fsp3) is 0.545. The molecule has 0 unspecified atom stereocenters. The molecule has 2 aliphatic rings. The summed E-state index contributed by atoms with van der Waals surface area (Å²) in [4.78, 5) is 34.2. The first-order valence-corrected chi connectivity index (χ1v) is 16.3. The van der Waals surface area contributed by atoms with E-state index in [0.717, 1.165) is 57.7 Å². The summed E-state index contributed by atoms with van der Waals surface area (Å²) < 4.78 is 12.7. The third kappa shape index (κ3) is 8.15. The van der Waals surface area contributed by atoms with Crippen LogP contribution in [-0.4, -0.2) is 90.5 Å². The molecule has 44 heavy (non-hydrogen) atoms. The van der Waals surface area contributed by atoms with Crippen LogP contribution in [0.5, 0.6) is 5.75 Å². The number of aromatic nitrogens is 2. The number of carbonyl (C=O) groups is 1. The summed E-state index contributed by atoms with van der Waals surface area (Å²) in [6.45, 7) is 12.2. The number of unbranched alkanes of at least 4 members (excludes halogenated alkanes) is 4. The highest BCUT2D eigenvalue weighted by atomic mass is 35.5. The summed E-state index contributed by atoms with van der Waals surface area (Å²) in [5.41, 5.74) is 1.57. The molecule has 238 valence electrons. The smallest absolute Gasteiger partial charge is 0.289 e. The van der Waals surface area contributed by atoms with Gasteiger partial charge in [-0.25, -0.2) is 4.68 Å². The van der Waals surface area contributed by atoms with Crippen LogP contribution in [-0.2, 0) is 6.54 Å². The Morgan fingerprint density at radius 1 is 0.864 bits per heavy atom. The number of aryl methyl sites for hydroxylation is 1. The van der Waals surface area contributed by atoms with Crippen LogP contribution in [0.3, 0.4) is 0 Å². The maximum absolute atomic E-state index is 12.9. The van der Waals surface area contributed by atoms with Crippen molar-refractivity contribution < 1.29 is 13.9 Å². The molecule has 0 N–H and O–H groups in total. The molecule has 0 atom stereocenters. The van der Waals surface area contributed by atoms with Crippen molar-refractivity contribution >= 4 is 28.9 Å². The third-order valence-electron chi connectivity index (χ3n) is 8.39. The number of piperazine rings is 2. The van der Waals surface area contributed by atoms with Gasteiger partial charge in [-0.2, -0.15) is 5.10 Å². The topological polar surface area (TPSA) is 87.3 Å². The van der Waals surface area contributed by atoms with Crippen molar-refractivity contribution in [3.8, 4) is 5.75 Å². The standard InChI is InChI=1S/C33H45ClN6O4/c1-26(2)44-29-12-7-6-11-27(29)37-18-16-36(17-19-37)14-8-4-3-5-9-15-40-33(42)31(34)28(25-35-40)38-20-22-39(23-21-38)32(41)30-13-10-24-43-30/h6-7,10-13,24-26H,3-5,8-9,14-23H2,1-2H3. The molecule has 0 bridgehead atoms. The zero-order valence-corrected chi connectivity index (χ0v) is 26.8. The van der Waals surface area contributed by atoms with Crippen LogP contribution in [0, 0.1) is 0 Å². The number of rotatable bonds is 13. The van der Waals surface area contributed by atoms with E-state index in [2.05, 4.69) is 46.9 Å². The molecule has 0 aliphatic carbocycles. The molecule has 10 nitrogen and oxygen atoms in total. The van der Waals surface area contributed by atoms with Gasteiger partial charge >= 0.3 is 0 Å². The van der Waals surface area contributed by atoms with Crippen LogP contribution in [0.25, 0.3) is 0 Å². The van der Waals surface area contributed by atoms with Gasteiger partial charge in [0.05, 0.1) is 29.9 Å². The van der Waals surface area contributed by atoms with Crippen LogP contribution >= 0.6 is 11.6 Å². The average Bonchev–Trinajstić information content (AvgIpc) is 3.58. The lowest BCUT2D eigenvalue weighted by Crippen LogP contribution is -2.49. The molecular weight excluding hydrogens is 580 g/mol. The monoisotopic (exact) mass is 624 g/mol. The van der Waals surface area contributed by atoms with Crippen molar-refractivity contribution in [2.45, 2.75) is 58.6 Å². The third-order valence-corrected chi connectivity index (χ3v) is 8.75. The van der Waals surface area contributed by atoms with Crippen LogP contribution < -0.4 is 20.1 Å². The first-order chi connectivity index (χ1) is 21.4. The summed E-state index contributed by atoms with van der Waals surface area (Å²) in [5.74, 6) is 1.19. The molecule has 11 heteroatoms. The van der Waals surface area contributed by atoms with Crippen LogP contribution in [0.15, 0.2) is 58.1 Å². The van der Waals surface area contributed by atoms with Gasteiger partial charge < -0.3 is 23.9 Å². The van der Waals surface area contributed by atoms with E-state index in [0.29, 0.717) is 44.2 Å². The van der Waals surface area contributed by atoms with Crippen molar-refractivity contribution in [3.05, 3.63) is 70.0 Å². The molecular formula is C33H45ClN6O4. The molecule has 5 rings (SSSR count). The predicted octanol–water partition coefficient (Wildman–Crippen LogP) is 5.01. The molecule has 2 saturated heterocycles. The van der Waals surface area contributed by atoms with Gasteiger partial charge in [0, 0.05) is 58.9 Å². The normalized spacial score (nSPS) is 16.1. The zero-order valence-electron chi connectivity index (χ0n) is 26.0. The number of anilines is 2. The summed E-state index contributed by atoms with van der Waals surface area (Å²) in [7, 11) is 0. The number of nitrogens with zero attached hydrogens (tertiary/aromatic N) is 6. The SMILES string of the molecule is CC(C)Oc1ccccc1N1CCN(CCCCCCCn2ncc(N3CCN(C(=O)c4ccco4)CC3)c(Cl)c2=O)CC1. The maximum Gasteiger partial charge on any atom is 0.289 e. The lowest BCUT2D eigenvalue weighted by Gasteiger charge is -2.37. The number of hydrogen-bond acceptors (Lipinski definition) is 8. The van der Waals surface area contributed by atoms with Crippen LogP contribution in [0.2, 0.25) is 5.02 Å². The van der Waals surface area contributed by atoms with Gasteiger partial charge in [-0.1, -0.05) is 43.0 Å². The van der Waals surface area contributed by atoms with E-state index in [4.69, 9.17) is 20.8 Å². The number of benzene rings is 1. The largest absolute Gasteiger partial charge is 0.489 e. The minimum atomic E-state index is -0.254. The van der Waals surface area contributed by atoms with Gasteiger partial charge in [0.2, 0.25) is 0 Å². The van der Waals surface area contributed by atoms with Gasteiger partial charge in [0.1, 0.15) is 10.8 Å². The zero-order chi connectivity index (χ0) is 30.9. The van der Waals surface area contributed by atoms with Crippen molar-refractivity contribution in [1.82, 2.24) is 19.6 Å². The maximum atomic E-state index is 12.9. The van der Waals surface area contributed by atoms with E-state index in [9.17, 15) is 9.59 Å². The van der Waals surface area contributed by atoms with E-state index in [1.165, 1.54) is 29.5 Å². The van der Waals surface area contributed by atoms with E-state index in [1.54, 1.807) is 23.2 Å². The molecule has 2 aliphatic heterocycles. The van der Waals surface area contributed by atoms with Crippen molar-refractivity contribution in [1.29, 1.82) is 0 Å². The fourth-order valence-corrected chi connectivity index (χ4v) is 6.22. The second kappa shape index (κ2) is 15.5. The second-order valence-corrected chi connectivity index (χ2v) is 12.2. The average molecular weight is 625 g/mol. The van der Waals surface area contributed by atoms with E-state index >= 15 is 0 Å². The Bertz CT molecular complexity index is 1400. The van der Waals surface area contributed by atoms with Gasteiger partial charge in [0.15, 0.2) is 5.76 Å². The molecule has 3 aromatic rings. The van der Waals surface area contributed by atoms with Crippen molar-refractivity contribution in [2.24, 2.45) is 0 Å². The molecule has 2 aromatic heterocycles. The number of hydrogen-bond donors (Lipinski definition) is 0. The highest BCUT2D eigenvalue weighted by Gasteiger charge is 2.26. The fourth-order valence-electron chi connectivity index (χ4n) is 5.95. The number of ether oxygens (including phenoxy) is 1. The number of carbonyl (C=O) groups excluding carboxylic acids is 1. The first kappa shape index (κ1) is 31.9. The summed E-state index contributed by atoms with van der Waals surface area (Å²) in [5, 5.41) is 4.61. The number of para-hydroxylation sites is 2. The lowest BCUT2D eigenvalue weighted by atomic mass is 10.1. The van der Waals surface area contributed by atoms with E-state index < -0.39 is 0 Å². The summed E-state index contributed by atoms with van der Waals surface area (Å²) in [6.07, 6.45) is 8.81. The summed E-state index contributed by atoms with van der Waals surface area (Å²) >= 11 is 6.51. The van der Waals surface area contributed by atoms with Crippen molar-refractivity contribution in [3.63, 3.8) is 0 Å². The van der Waals surface area contributed by atoms with E-state index in [-0.39, 0.29) is 22.6 Å². The molecule has 4 heterocycles. The van der Waals surface area contributed by atoms with Gasteiger partial charge in [-0.15, -0.1) is 0 Å². The summed E-state index contributed by atoms with van der Waals surface area (Å²) in [6, 6.07) is 11.7. The number of amides is 1. The Labute approximate surface area is 265 Å². The first-order valence-electron chi connectivity index (χ1n) is 16.0. The minimum Gasteiger partial charge on any atom is -0.489 e. The molecule has 1 aromatic carbocycles. The highest BCUT2D eigenvalue weighted by Crippen LogP contribution is 2.30. The lowest BCUT2D eigenvalue weighted by molar-refractivity contribution is 0.0714. The Hall–Kier alpha value is -3.50. The Morgan fingerprint density at radius 2 is 1.52 bits per heavy atom. The molecule has 0 radical (unpaired) electrons. The van der Waals surface area contributed by atoms with E-state index in [1.807, 2.05) is 11.0 Å². The van der Waals surface area contributed by atoms with Gasteiger partial charge in [-0.05, 0) is 57.5 Å². The molecule has 0 spiro atoms. The van der Waals surface area contributed by atoms with Crippen molar-refractivity contribution in [2.75, 3.05) is 68.7 Å². The Kier molecular flexibility index (Phi) is 11.2. The second-order valence-electron chi connectivity index (χ2n) is 11.9. The minimum absolute atomic E-state index is 0.123. The number of halogens is 1. The molecule has 1 amide bonds. The predicted molar refractivity (Wildman–Crippen MR) is 174 cm³/mol. The quantitative estimate of drug-likeness (QED) is 0.245. The van der Waals surface area contributed by atoms with Crippen LogP contribution in [0.1, 0.15) is 56.5 Å². The molecule has 2 fully saturated rings. The van der Waals surface area contributed by atoms with Gasteiger partial charge in [0.25, 0.3) is 11.5 Å². The van der Waals surface area contributed by atoms with Gasteiger partial charge in [-0.3, -0.25) is 14.5 Å².